The molecule has 0 amide bonds. The molecule has 59 heavy (non-hydrogen) atoms. The summed E-state index contributed by atoms with van der Waals surface area (Å²) in [5.74, 6) is 0. The highest BCUT2D eigenvalue weighted by molar-refractivity contribution is 6.16. The van der Waals surface area contributed by atoms with Gasteiger partial charge in [0, 0.05) is 34.0 Å². The van der Waals surface area contributed by atoms with Crippen LogP contribution in [0, 0.1) is 0 Å². The van der Waals surface area contributed by atoms with Crippen LogP contribution in [0.15, 0.2) is 213 Å². The summed E-state index contributed by atoms with van der Waals surface area (Å²) in [6.45, 7) is 0. The van der Waals surface area contributed by atoms with E-state index in [-0.39, 0.29) is 0 Å². The maximum atomic E-state index is 4.47. The molecule has 2 heterocycles. The maximum Gasteiger partial charge on any atom is 0.0644 e. The molecule has 3 heteroatoms. The molecule has 0 saturated carbocycles. The highest BCUT2D eigenvalue weighted by Gasteiger charge is 2.25. The van der Waals surface area contributed by atoms with Crippen LogP contribution in [-0.2, 0) is 6.42 Å². The molecule has 1 aliphatic rings. The molecule has 2 aromatic heterocycles. The number of pyridine rings is 1. The Morgan fingerprint density at radius 1 is 0.407 bits per heavy atom. The van der Waals surface area contributed by atoms with Gasteiger partial charge in [0.1, 0.15) is 0 Å². The molecule has 0 saturated heterocycles. The van der Waals surface area contributed by atoms with E-state index in [1.807, 2.05) is 18.5 Å². The lowest BCUT2D eigenvalue weighted by molar-refractivity contribution is 1.18. The molecule has 0 aliphatic heterocycles. The molecule has 0 spiro atoms. The minimum absolute atomic E-state index is 0.871. The smallest absolute Gasteiger partial charge is 0.0644 e. The molecule has 9 aromatic carbocycles. The predicted molar refractivity (Wildman–Crippen MR) is 247 cm³/mol. The monoisotopic (exact) mass is 751 g/mol. The van der Waals surface area contributed by atoms with Gasteiger partial charge in [-0.05, 0) is 145 Å². The van der Waals surface area contributed by atoms with Crippen molar-refractivity contribution in [2.75, 3.05) is 4.90 Å². The number of hydrogen-bond acceptors (Lipinski definition) is 2. The van der Waals surface area contributed by atoms with Gasteiger partial charge in [0.05, 0.1) is 22.9 Å². The van der Waals surface area contributed by atoms with Crippen molar-refractivity contribution in [3.8, 4) is 39.1 Å². The Labute approximate surface area is 342 Å². The molecule has 0 N–H and O–H groups in total. The molecule has 0 fully saturated rings. The first-order valence-electron chi connectivity index (χ1n) is 20.3. The van der Waals surface area contributed by atoms with Gasteiger partial charge in [-0.3, -0.25) is 4.98 Å². The molecule has 0 radical (unpaired) electrons. The standard InChI is InChI=1S/C56H37N3/c1-3-15-41(16-4-1)58(44-20-13-31-57-36-44)43-19-11-14-37(33-43)51-35-40-32-39-27-29-45(48-24-12-25-50(55(39)48)56(40)49-23-8-7-21-46(49)51)38-28-30-54-52(34-38)47-22-9-10-26-53(47)59(54)42-17-5-2-6-18-42/h1-31,33-36H,32H2. The Hall–Kier alpha value is -7.75. The van der Waals surface area contributed by atoms with Gasteiger partial charge in [-0.2, -0.15) is 0 Å². The first-order valence-corrected chi connectivity index (χ1v) is 20.3. The quantitative estimate of drug-likeness (QED) is 0.169. The van der Waals surface area contributed by atoms with Crippen LogP contribution in [0.4, 0.5) is 17.1 Å². The van der Waals surface area contributed by atoms with Crippen molar-refractivity contribution in [1.82, 2.24) is 9.55 Å². The van der Waals surface area contributed by atoms with Gasteiger partial charge in [0.2, 0.25) is 0 Å². The largest absolute Gasteiger partial charge is 0.309 e. The van der Waals surface area contributed by atoms with Crippen molar-refractivity contribution in [2.24, 2.45) is 0 Å². The summed E-state index contributed by atoms with van der Waals surface area (Å²) in [4.78, 5) is 6.76. The molecular weight excluding hydrogens is 715 g/mol. The van der Waals surface area contributed by atoms with E-state index in [2.05, 4.69) is 209 Å². The zero-order valence-corrected chi connectivity index (χ0v) is 32.3. The Kier molecular flexibility index (Phi) is 7.60. The molecule has 12 rings (SSSR count). The molecule has 11 aromatic rings. The summed E-state index contributed by atoms with van der Waals surface area (Å²) >= 11 is 0. The lowest BCUT2D eigenvalue weighted by Gasteiger charge is -2.27. The van der Waals surface area contributed by atoms with Gasteiger partial charge >= 0.3 is 0 Å². The van der Waals surface area contributed by atoms with Gasteiger partial charge in [-0.1, -0.05) is 127 Å². The fourth-order valence-corrected chi connectivity index (χ4v) is 9.74. The summed E-state index contributed by atoms with van der Waals surface area (Å²) < 4.78 is 2.39. The van der Waals surface area contributed by atoms with Crippen LogP contribution < -0.4 is 4.90 Å². The third kappa shape index (κ3) is 5.32. The second-order valence-electron chi connectivity index (χ2n) is 15.5. The van der Waals surface area contributed by atoms with Crippen molar-refractivity contribution in [2.45, 2.75) is 6.42 Å². The van der Waals surface area contributed by atoms with Crippen molar-refractivity contribution in [1.29, 1.82) is 0 Å². The normalized spacial score (nSPS) is 12.0. The van der Waals surface area contributed by atoms with Crippen LogP contribution >= 0.6 is 0 Å². The van der Waals surface area contributed by atoms with E-state index in [4.69, 9.17) is 0 Å². The molecular formula is C56H37N3. The number of benzene rings is 9. The van der Waals surface area contributed by atoms with Gasteiger partial charge in [0.25, 0.3) is 0 Å². The molecule has 0 unspecified atom stereocenters. The van der Waals surface area contributed by atoms with Crippen LogP contribution in [0.1, 0.15) is 11.1 Å². The molecule has 276 valence electrons. The fraction of sp³-hybridized carbons (Fsp3) is 0.0179. The van der Waals surface area contributed by atoms with Crippen LogP contribution in [0.3, 0.4) is 0 Å². The van der Waals surface area contributed by atoms with E-state index in [9.17, 15) is 0 Å². The third-order valence-corrected chi connectivity index (χ3v) is 12.2. The van der Waals surface area contributed by atoms with Gasteiger partial charge in [-0.25, -0.2) is 0 Å². The minimum atomic E-state index is 0.871. The Balaban J connectivity index is 1.01. The first kappa shape index (κ1) is 33.4. The topological polar surface area (TPSA) is 21.1 Å². The predicted octanol–water partition coefficient (Wildman–Crippen LogP) is 14.9. The molecule has 3 nitrogen and oxygen atoms in total. The van der Waals surface area contributed by atoms with E-state index >= 15 is 0 Å². The van der Waals surface area contributed by atoms with Crippen LogP contribution in [0.2, 0.25) is 0 Å². The average Bonchev–Trinajstić information content (AvgIpc) is 3.64. The van der Waals surface area contributed by atoms with Gasteiger partial charge < -0.3 is 9.47 Å². The number of aromatic nitrogens is 2. The number of hydrogen-bond donors (Lipinski definition) is 0. The number of rotatable bonds is 6. The highest BCUT2D eigenvalue weighted by Crippen LogP contribution is 2.48. The van der Waals surface area contributed by atoms with Crippen LogP contribution in [0.25, 0.3) is 82.4 Å². The SMILES string of the molecule is c1ccc(N(c2cccnc2)c2cccc(-c3cc4c(c5ccccc35)-c3cccc5c(-c6ccc7c(c6)c6ccccc6n7-c6ccccc6)ccc(c35)C4)c2)cc1. The van der Waals surface area contributed by atoms with Gasteiger partial charge in [-0.15, -0.1) is 0 Å². The van der Waals surface area contributed by atoms with E-state index < -0.39 is 0 Å². The minimum Gasteiger partial charge on any atom is -0.309 e. The number of nitrogens with zero attached hydrogens (tertiary/aromatic N) is 3. The van der Waals surface area contributed by atoms with Crippen LogP contribution in [-0.4, -0.2) is 9.55 Å². The Bertz CT molecular complexity index is 3360. The third-order valence-electron chi connectivity index (χ3n) is 12.2. The summed E-state index contributed by atoms with van der Waals surface area (Å²) in [6, 6.07) is 73.2. The second kappa shape index (κ2) is 13.4. The lowest BCUT2D eigenvalue weighted by Crippen LogP contribution is -2.10. The molecule has 0 bridgehead atoms. The molecule has 1 aliphatic carbocycles. The first-order chi connectivity index (χ1) is 29.3. The Morgan fingerprint density at radius 2 is 1.10 bits per heavy atom. The fourth-order valence-electron chi connectivity index (χ4n) is 9.74. The highest BCUT2D eigenvalue weighted by atomic mass is 15.1. The van der Waals surface area contributed by atoms with E-state index in [0.717, 1.165) is 23.5 Å². The van der Waals surface area contributed by atoms with E-state index in [1.54, 1.807) is 0 Å². The lowest BCUT2D eigenvalue weighted by atomic mass is 9.78. The van der Waals surface area contributed by atoms with Crippen molar-refractivity contribution < 1.29 is 0 Å². The summed E-state index contributed by atoms with van der Waals surface area (Å²) in [6.07, 6.45) is 4.63. The van der Waals surface area contributed by atoms with E-state index in [0.29, 0.717) is 0 Å². The van der Waals surface area contributed by atoms with Crippen molar-refractivity contribution in [3.63, 3.8) is 0 Å². The number of fused-ring (bicyclic) bond motifs is 7. The van der Waals surface area contributed by atoms with E-state index in [1.165, 1.54) is 93.5 Å². The average molecular weight is 752 g/mol. The number of para-hydroxylation sites is 3. The zero-order valence-electron chi connectivity index (χ0n) is 32.3. The Morgan fingerprint density at radius 3 is 1.95 bits per heavy atom. The number of anilines is 3. The van der Waals surface area contributed by atoms with Crippen molar-refractivity contribution >= 4 is 60.4 Å². The van der Waals surface area contributed by atoms with Gasteiger partial charge in [0.15, 0.2) is 0 Å². The molecule has 0 atom stereocenters. The summed E-state index contributed by atoms with van der Waals surface area (Å²) in [5.41, 5.74) is 17.1. The van der Waals surface area contributed by atoms with Crippen LogP contribution in [0.5, 0.6) is 0 Å². The second-order valence-corrected chi connectivity index (χ2v) is 15.5. The summed E-state index contributed by atoms with van der Waals surface area (Å²) in [5, 5.41) is 7.74. The maximum absolute atomic E-state index is 4.47. The van der Waals surface area contributed by atoms with Crippen molar-refractivity contribution in [3.05, 3.63) is 224 Å². The zero-order chi connectivity index (χ0) is 38.9. The summed E-state index contributed by atoms with van der Waals surface area (Å²) in [7, 11) is 0.